The highest BCUT2D eigenvalue weighted by atomic mass is 35.5. The molecule has 0 unspecified atom stereocenters. The molecule has 0 atom stereocenters. The van der Waals surface area contributed by atoms with E-state index in [-0.39, 0.29) is 5.56 Å². The van der Waals surface area contributed by atoms with Crippen LogP contribution in [0.4, 0.5) is 0 Å². The number of aromatic nitrogens is 2. The van der Waals surface area contributed by atoms with Crippen LogP contribution >= 0.6 is 23.4 Å². The molecule has 112 valence electrons. The van der Waals surface area contributed by atoms with Gasteiger partial charge in [-0.05, 0) is 23.8 Å². The van der Waals surface area contributed by atoms with E-state index in [9.17, 15) is 4.79 Å². The molecular weight excluding hydrogens is 316 g/mol. The van der Waals surface area contributed by atoms with Gasteiger partial charge in [0.05, 0.1) is 5.52 Å². The number of benzene rings is 1. The zero-order chi connectivity index (χ0) is 15.5. The number of fused-ring (bicyclic) bond motifs is 1. The van der Waals surface area contributed by atoms with Crippen molar-refractivity contribution < 1.29 is 0 Å². The van der Waals surface area contributed by atoms with Crippen LogP contribution < -0.4 is 5.56 Å². The molecule has 1 aromatic carbocycles. The molecule has 0 N–H and O–H groups in total. The van der Waals surface area contributed by atoms with Gasteiger partial charge in [-0.25, -0.2) is 0 Å². The molecule has 0 aliphatic carbocycles. The van der Waals surface area contributed by atoms with Crippen LogP contribution in [0, 0.1) is 0 Å². The normalized spacial score (nSPS) is 11.0. The summed E-state index contributed by atoms with van der Waals surface area (Å²) in [7, 11) is 1.75. The van der Waals surface area contributed by atoms with Crippen molar-refractivity contribution in [1.82, 2.24) is 9.55 Å². The van der Waals surface area contributed by atoms with Crippen LogP contribution in [-0.4, -0.2) is 9.55 Å². The van der Waals surface area contributed by atoms with E-state index >= 15 is 0 Å². The number of aryl methyl sites for hydroxylation is 1. The molecule has 0 aliphatic rings. The summed E-state index contributed by atoms with van der Waals surface area (Å²) in [6.45, 7) is 0. The van der Waals surface area contributed by atoms with Crippen molar-refractivity contribution in [2.75, 3.05) is 0 Å². The van der Waals surface area contributed by atoms with Crippen LogP contribution in [0.15, 0.2) is 53.6 Å². The Balaban J connectivity index is 1.78. The van der Waals surface area contributed by atoms with Gasteiger partial charge in [0.1, 0.15) is 0 Å². The minimum absolute atomic E-state index is 0.0166. The first-order valence-electron chi connectivity index (χ1n) is 6.90. The molecule has 0 fully saturated rings. The highest BCUT2D eigenvalue weighted by molar-refractivity contribution is 7.97. The van der Waals surface area contributed by atoms with E-state index in [0.29, 0.717) is 0 Å². The van der Waals surface area contributed by atoms with Gasteiger partial charge in [-0.1, -0.05) is 23.7 Å². The first kappa shape index (κ1) is 15.1. The van der Waals surface area contributed by atoms with Gasteiger partial charge < -0.3 is 4.57 Å². The van der Waals surface area contributed by atoms with Gasteiger partial charge in [0.25, 0.3) is 5.56 Å². The Morgan fingerprint density at radius 2 is 2.09 bits per heavy atom. The molecule has 3 nitrogen and oxygen atoms in total. The van der Waals surface area contributed by atoms with Gasteiger partial charge in [-0.15, -0.1) is 0 Å². The average Bonchev–Trinajstić information content (AvgIpc) is 2.53. The van der Waals surface area contributed by atoms with Gasteiger partial charge in [-0.2, -0.15) is 11.8 Å². The lowest BCUT2D eigenvalue weighted by molar-refractivity contribution is 0.855. The summed E-state index contributed by atoms with van der Waals surface area (Å²) in [6, 6.07) is 11.5. The first-order valence-corrected chi connectivity index (χ1v) is 8.44. The summed E-state index contributed by atoms with van der Waals surface area (Å²) >= 11 is 8.05. The third-order valence-electron chi connectivity index (χ3n) is 3.51. The lowest BCUT2D eigenvalue weighted by atomic mass is 10.1. The van der Waals surface area contributed by atoms with Crippen LogP contribution in [0.3, 0.4) is 0 Å². The number of hydrogen-bond acceptors (Lipinski definition) is 3. The maximum absolute atomic E-state index is 11.6. The molecule has 3 rings (SSSR count). The molecule has 2 heterocycles. The Kier molecular flexibility index (Phi) is 4.50. The Hall–Kier alpha value is -1.78. The van der Waals surface area contributed by atoms with Crippen molar-refractivity contribution in [3.05, 3.63) is 75.3 Å². The molecule has 0 saturated heterocycles. The highest BCUT2D eigenvalue weighted by Crippen LogP contribution is 2.29. The van der Waals surface area contributed by atoms with Gasteiger partial charge in [-0.3, -0.25) is 9.78 Å². The molecule has 2 aromatic heterocycles. The summed E-state index contributed by atoms with van der Waals surface area (Å²) in [4.78, 5) is 16.1. The van der Waals surface area contributed by atoms with E-state index in [1.807, 2.05) is 30.3 Å². The molecule has 0 aliphatic heterocycles. The summed E-state index contributed by atoms with van der Waals surface area (Å²) in [5.74, 6) is 1.54. The second kappa shape index (κ2) is 6.55. The monoisotopic (exact) mass is 330 g/mol. The van der Waals surface area contributed by atoms with E-state index in [2.05, 4.69) is 4.98 Å². The summed E-state index contributed by atoms with van der Waals surface area (Å²) < 4.78 is 1.57. The average molecular weight is 331 g/mol. The van der Waals surface area contributed by atoms with Gasteiger partial charge in [0.15, 0.2) is 0 Å². The topological polar surface area (TPSA) is 34.9 Å². The summed E-state index contributed by atoms with van der Waals surface area (Å²) in [6.07, 6.45) is 3.58. The second-order valence-corrected chi connectivity index (χ2v) is 6.47. The SMILES string of the molecule is Cn1ccc(CSCc2c(Cl)ccc3cccnc23)cc1=O. The Bertz CT molecular complexity index is 876. The van der Waals surface area contributed by atoms with Crippen LogP contribution in [-0.2, 0) is 18.6 Å². The van der Waals surface area contributed by atoms with Crippen LogP contribution in [0.25, 0.3) is 10.9 Å². The molecule has 5 heteroatoms. The number of pyridine rings is 2. The predicted molar refractivity (Wildman–Crippen MR) is 93.4 cm³/mol. The first-order chi connectivity index (χ1) is 10.6. The third-order valence-corrected chi connectivity index (χ3v) is 4.89. The third kappa shape index (κ3) is 3.18. The maximum atomic E-state index is 11.6. The van der Waals surface area contributed by atoms with E-state index < -0.39 is 0 Å². The smallest absolute Gasteiger partial charge is 0.250 e. The quantitative estimate of drug-likeness (QED) is 0.724. The van der Waals surface area contributed by atoms with E-state index in [0.717, 1.165) is 38.6 Å². The molecule has 3 aromatic rings. The summed E-state index contributed by atoms with van der Waals surface area (Å²) in [5, 5.41) is 1.83. The van der Waals surface area contributed by atoms with Crippen molar-refractivity contribution in [3.63, 3.8) is 0 Å². The molecule has 0 radical (unpaired) electrons. The van der Waals surface area contributed by atoms with Gasteiger partial charge >= 0.3 is 0 Å². The Labute approximate surface area is 138 Å². The number of nitrogens with zero attached hydrogens (tertiary/aromatic N) is 2. The van der Waals surface area contributed by atoms with Crippen LogP contribution in [0.2, 0.25) is 5.02 Å². The van der Waals surface area contributed by atoms with Crippen LogP contribution in [0.5, 0.6) is 0 Å². The summed E-state index contributed by atoms with van der Waals surface area (Å²) in [5.41, 5.74) is 3.04. The molecule has 0 amide bonds. The molecular formula is C17H15ClN2OS. The Morgan fingerprint density at radius 1 is 1.23 bits per heavy atom. The van der Waals surface area contributed by atoms with Crippen molar-refractivity contribution in [2.45, 2.75) is 11.5 Å². The zero-order valence-electron chi connectivity index (χ0n) is 12.1. The maximum Gasteiger partial charge on any atom is 0.250 e. The molecule has 22 heavy (non-hydrogen) atoms. The predicted octanol–water partition coefficient (Wildman–Crippen LogP) is 4.02. The molecule has 0 bridgehead atoms. The fourth-order valence-corrected chi connectivity index (χ4v) is 3.58. The van der Waals surface area contributed by atoms with E-state index in [1.165, 1.54) is 0 Å². The molecule has 0 spiro atoms. The fraction of sp³-hybridized carbons (Fsp3) is 0.176. The second-order valence-electron chi connectivity index (χ2n) is 5.08. The number of rotatable bonds is 4. The number of hydrogen-bond donors (Lipinski definition) is 0. The van der Waals surface area contributed by atoms with Crippen molar-refractivity contribution in [3.8, 4) is 0 Å². The highest BCUT2D eigenvalue weighted by Gasteiger charge is 2.07. The largest absolute Gasteiger partial charge is 0.319 e. The lowest BCUT2D eigenvalue weighted by Crippen LogP contribution is -2.14. The van der Waals surface area contributed by atoms with Crippen molar-refractivity contribution >= 4 is 34.3 Å². The standard InChI is InChI=1S/C17H15ClN2OS/c1-20-8-6-12(9-16(20)21)10-22-11-14-15(18)5-4-13-3-2-7-19-17(13)14/h2-9H,10-11H2,1H3. The van der Waals surface area contributed by atoms with Crippen molar-refractivity contribution in [1.29, 1.82) is 0 Å². The fourth-order valence-electron chi connectivity index (χ4n) is 2.27. The zero-order valence-corrected chi connectivity index (χ0v) is 13.7. The van der Waals surface area contributed by atoms with Crippen molar-refractivity contribution in [2.24, 2.45) is 7.05 Å². The van der Waals surface area contributed by atoms with E-state index in [4.69, 9.17) is 11.6 Å². The van der Waals surface area contributed by atoms with Gasteiger partial charge in [0.2, 0.25) is 0 Å². The lowest BCUT2D eigenvalue weighted by Gasteiger charge is -2.08. The van der Waals surface area contributed by atoms with Gasteiger partial charge in [0, 0.05) is 53.0 Å². The van der Waals surface area contributed by atoms with E-state index in [1.54, 1.807) is 41.8 Å². The van der Waals surface area contributed by atoms with Crippen LogP contribution in [0.1, 0.15) is 11.1 Å². The Morgan fingerprint density at radius 3 is 2.91 bits per heavy atom. The number of thioether (sulfide) groups is 1. The minimum Gasteiger partial charge on any atom is -0.319 e. The molecule has 0 saturated carbocycles. The minimum atomic E-state index is 0.0166. The number of halogens is 1.